The van der Waals surface area contributed by atoms with Crippen molar-refractivity contribution in [1.29, 1.82) is 0 Å². The normalized spacial score (nSPS) is 12.1. The van der Waals surface area contributed by atoms with E-state index in [1.54, 1.807) is 6.07 Å². The second-order valence-electron chi connectivity index (χ2n) is 4.80. The standard InChI is InChI=1S/C13H14BrF3N4/c1-8(2)18-5-9-6-20-21(12(9)13(15,16)17)11-4-3-10(14)7-19-11/h3-4,6-8,18H,5H2,1-2H3. The fraction of sp³-hybridized carbons (Fsp3) is 0.385. The van der Waals surface area contributed by atoms with Crippen LogP contribution in [0.5, 0.6) is 0 Å². The molecule has 0 fully saturated rings. The summed E-state index contributed by atoms with van der Waals surface area (Å²) in [5, 5.41) is 6.81. The van der Waals surface area contributed by atoms with Gasteiger partial charge >= 0.3 is 6.18 Å². The molecular weight excluding hydrogens is 349 g/mol. The lowest BCUT2D eigenvalue weighted by Crippen LogP contribution is -2.24. The molecule has 2 aromatic heterocycles. The Morgan fingerprint density at radius 3 is 2.52 bits per heavy atom. The number of pyridine rings is 1. The second kappa shape index (κ2) is 6.15. The summed E-state index contributed by atoms with van der Waals surface area (Å²) >= 11 is 3.20. The molecule has 0 spiro atoms. The molecule has 2 heterocycles. The third-order valence-electron chi connectivity index (χ3n) is 2.74. The van der Waals surface area contributed by atoms with Gasteiger partial charge in [0.05, 0.1) is 6.20 Å². The Morgan fingerprint density at radius 1 is 1.29 bits per heavy atom. The average Bonchev–Trinajstić information content (AvgIpc) is 2.81. The highest BCUT2D eigenvalue weighted by molar-refractivity contribution is 9.10. The lowest BCUT2D eigenvalue weighted by molar-refractivity contribution is -0.143. The molecule has 4 nitrogen and oxygen atoms in total. The molecule has 2 rings (SSSR count). The summed E-state index contributed by atoms with van der Waals surface area (Å²) in [6.45, 7) is 3.84. The molecule has 0 bridgehead atoms. The predicted molar refractivity (Wildman–Crippen MR) is 76.0 cm³/mol. The van der Waals surface area contributed by atoms with Crippen LogP contribution in [0.3, 0.4) is 0 Å². The summed E-state index contributed by atoms with van der Waals surface area (Å²) in [5.41, 5.74) is -0.702. The molecule has 21 heavy (non-hydrogen) atoms. The third kappa shape index (κ3) is 3.82. The van der Waals surface area contributed by atoms with E-state index < -0.39 is 11.9 Å². The van der Waals surface area contributed by atoms with E-state index in [9.17, 15) is 13.2 Å². The van der Waals surface area contributed by atoms with Crippen molar-refractivity contribution in [2.75, 3.05) is 0 Å². The Kier molecular flexibility index (Phi) is 4.67. The largest absolute Gasteiger partial charge is 0.433 e. The fourth-order valence-corrected chi connectivity index (χ4v) is 2.03. The number of nitrogens with one attached hydrogen (secondary N) is 1. The van der Waals surface area contributed by atoms with Gasteiger partial charge in [-0.2, -0.15) is 18.3 Å². The van der Waals surface area contributed by atoms with E-state index in [1.165, 1.54) is 18.5 Å². The molecule has 1 N–H and O–H groups in total. The van der Waals surface area contributed by atoms with Gasteiger partial charge in [0.2, 0.25) is 0 Å². The molecule has 0 amide bonds. The predicted octanol–water partition coefficient (Wildman–Crippen LogP) is 3.55. The molecule has 0 unspecified atom stereocenters. The summed E-state index contributed by atoms with van der Waals surface area (Å²) in [6.07, 6.45) is -1.84. The van der Waals surface area contributed by atoms with Crippen LogP contribution in [0.4, 0.5) is 13.2 Å². The van der Waals surface area contributed by atoms with Gasteiger partial charge in [-0.05, 0) is 28.1 Å². The smallest absolute Gasteiger partial charge is 0.310 e. The number of halogens is 4. The Labute approximate surface area is 128 Å². The number of aromatic nitrogens is 3. The van der Waals surface area contributed by atoms with Gasteiger partial charge < -0.3 is 5.32 Å². The Bertz CT molecular complexity index is 605. The van der Waals surface area contributed by atoms with Crippen LogP contribution < -0.4 is 5.32 Å². The van der Waals surface area contributed by atoms with Crippen molar-refractivity contribution < 1.29 is 13.2 Å². The maximum Gasteiger partial charge on any atom is 0.433 e. The monoisotopic (exact) mass is 362 g/mol. The Hall–Kier alpha value is -1.41. The Morgan fingerprint density at radius 2 is 2.00 bits per heavy atom. The van der Waals surface area contributed by atoms with Gasteiger partial charge in [0, 0.05) is 28.8 Å². The highest BCUT2D eigenvalue weighted by Crippen LogP contribution is 2.33. The molecular formula is C13H14BrF3N4. The van der Waals surface area contributed by atoms with Gasteiger partial charge in [0.15, 0.2) is 11.5 Å². The summed E-state index contributed by atoms with van der Waals surface area (Å²) in [7, 11) is 0. The van der Waals surface area contributed by atoms with E-state index in [0.29, 0.717) is 4.47 Å². The number of alkyl halides is 3. The first-order chi connectivity index (χ1) is 9.79. The molecule has 0 saturated heterocycles. The van der Waals surface area contributed by atoms with Gasteiger partial charge in [-0.1, -0.05) is 13.8 Å². The van der Waals surface area contributed by atoms with Crippen molar-refractivity contribution in [2.45, 2.75) is 32.6 Å². The zero-order valence-corrected chi connectivity index (χ0v) is 13.0. The second-order valence-corrected chi connectivity index (χ2v) is 5.71. The summed E-state index contributed by atoms with van der Waals surface area (Å²) in [6, 6.07) is 3.18. The van der Waals surface area contributed by atoms with Crippen LogP contribution in [0, 0.1) is 0 Å². The highest BCUT2D eigenvalue weighted by atomic mass is 79.9. The minimum absolute atomic E-state index is 0.0836. The minimum atomic E-state index is -4.50. The summed E-state index contributed by atoms with van der Waals surface area (Å²) < 4.78 is 41.4. The van der Waals surface area contributed by atoms with Crippen LogP contribution in [0.25, 0.3) is 5.82 Å². The van der Waals surface area contributed by atoms with Crippen LogP contribution in [0.15, 0.2) is 29.0 Å². The number of rotatable bonds is 4. The average molecular weight is 363 g/mol. The van der Waals surface area contributed by atoms with E-state index in [2.05, 4.69) is 31.3 Å². The summed E-state index contributed by atoms with van der Waals surface area (Å²) in [5.74, 6) is 0.126. The minimum Gasteiger partial charge on any atom is -0.310 e. The molecule has 0 aromatic carbocycles. The SMILES string of the molecule is CC(C)NCc1cnn(-c2ccc(Br)cn2)c1C(F)(F)F. The van der Waals surface area contributed by atoms with Crippen LogP contribution >= 0.6 is 15.9 Å². The topological polar surface area (TPSA) is 42.7 Å². The van der Waals surface area contributed by atoms with Gasteiger partial charge in [0.1, 0.15) is 0 Å². The van der Waals surface area contributed by atoms with E-state index in [4.69, 9.17) is 0 Å². The lowest BCUT2D eigenvalue weighted by atomic mass is 10.2. The zero-order valence-electron chi connectivity index (χ0n) is 11.4. The first-order valence-corrected chi connectivity index (χ1v) is 7.07. The molecule has 8 heteroatoms. The van der Waals surface area contributed by atoms with Crippen molar-refractivity contribution in [2.24, 2.45) is 0 Å². The van der Waals surface area contributed by atoms with Crippen molar-refractivity contribution in [3.05, 3.63) is 40.3 Å². The van der Waals surface area contributed by atoms with Gasteiger partial charge in [-0.3, -0.25) is 0 Å². The molecule has 0 aliphatic carbocycles. The zero-order chi connectivity index (χ0) is 15.6. The third-order valence-corrected chi connectivity index (χ3v) is 3.21. The van der Waals surface area contributed by atoms with E-state index in [1.807, 2.05) is 13.8 Å². The molecule has 0 saturated carbocycles. The maximum absolute atomic E-state index is 13.3. The van der Waals surface area contributed by atoms with Gasteiger partial charge in [0.25, 0.3) is 0 Å². The van der Waals surface area contributed by atoms with Crippen LogP contribution in [0.2, 0.25) is 0 Å². The molecule has 0 aliphatic heterocycles. The Balaban J connectivity index is 2.44. The van der Waals surface area contributed by atoms with Crippen LogP contribution in [-0.2, 0) is 12.7 Å². The highest BCUT2D eigenvalue weighted by Gasteiger charge is 2.38. The number of hydrogen-bond acceptors (Lipinski definition) is 3. The van der Waals surface area contributed by atoms with Gasteiger partial charge in [-0.15, -0.1) is 0 Å². The number of nitrogens with zero attached hydrogens (tertiary/aromatic N) is 3. The van der Waals surface area contributed by atoms with Crippen molar-refractivity contribution in [3.8, 4) is 5.82 Å². The molecule has 0 atom stereocenters. The van der Waals surface area contributed by atoms with Crippen LogP contribution in [-0.4, -0.2) is 20.8 Å². The lowest BCUT2D eigenvalue weighted by Gasteiger charge is -2.13. The van der Waals surface area contributed by atoms with Crippen molar-refractivity contribution in [3.63, 3.8) is 0 Å². The van der Waals surface area contributed by atoms with E-state index in [0.717, 1.165) is 4.68 Å². The quantitative estimate of drug-likeness (QED) is 0.904. The van der Waals surface area contributed by atoms with E-state index >= 15 is 0 Å². The fourth-order valence-electron chi connectivity index (χ4n) is 1.79. The van der Waals surface area contributed by atoms with Crippen molar-refractivity contribution in [1.82, 2.24) is 20.1 Å². The molecule has 0 aliphatic rings. The van der Waals surface area contributed by atoms with E-state index in [-0.39, 0.29) is 24.0 Å². The van der Waals surface area contributed by atoms with Gasteiger partial charge in [-0.25, -0.2) is 9.67 Å². The van der Waals surface area contributed by atoms with Crippen molar-refractivity contribution >= 4 is 15.9 Å². The first-order valence-electron chi connectivity index (χ1n) is 6.28. The number of hydrogen-bond donors (Lipinski definition) is 1. The molecule has 2 aromatic rings. The molecule has 0 radical (unpaired) electrons. The maximum atomic E-state index is 13.3. The summed E-state index contributed by atoms with van der Waals surface area (Å²) in [4.78, 5) is 3.96. The molecule has 114 valence electrons. The first kappa shape index (κ1) is 16.0. The van der Waals surface area contributed by atoms with Crippen LogP contribution in [0.1, 0.15) is 25.1 Å².